The average molecular weight is 373 g/mol. The minimum atomic E-state index is -0.607. The van der Waals surface area contributed by atoms with Crippen LogP contribution in [0.15, 0.2) is 48.5 Å². The molecule has 2 aromatic rings. The fourth-order valence-corrected chi connectivity index (χ4v) is 3.00. The summed E-state index contributed by atoms with van der Waals surface area (Å²) in [5.41, 5.74) is 1.25. The quantitative estimate of drug-likeness (QED) is 0.714. The van der Waals surface area contributed by atoms with Gasteiger partial charge in [0, 0.05) is 12.1 Å². The maximum absolute atomic E-state index is 13.3. The fraction of sp³-hybridized carbons (Fsp3) is 0.333. The number of rotatable bonds is 3. The predicted octanol–water partition coefficient (Wildman–Crippen LogP) is 4.97. The van der Waals surface area contributed by atoms with E-state index in [1.165, 1.54) is 10.0 Å². The standard InChI is InChI=1S/C21H25ClN2O2/c1-6-23(19(25)16-10-8-7-9-11-16)24(21(3,4)5)20(26)17-14-15(2)12-13-18(17)22/h7-14H,6H2,1-5H3. The Morgan fingerprint density at radius 2 is 1.62 bits per heavy atom. The number of amides is 2. The Labute approximate surface area is 160 Å². The van der Waals surface area contributed by atoms with Gasteiger partial charge in [-0.3, -0.25) is 9.59 Å². The first-order valence-corrected chi connectivity index (χ1v) is 9.02. The van der Waals surface area contributed by atoms with E-state index in [1.807, 2.05) is 58.9 Å². The first-order valence-electron chi connectivity index (χ1n) is 8.64. The van der Waals surface area contributed by atoms with Gasteiger partial charge in [0.25, 0.3) is 11.8 Å². The maximum atomic E-state index is 13.3. The van der Waals surface area contributed by atoms with E-state index in [0.29, 0.717) is 22.7 Å². The van der Waals surface area contributed by atoms with Gasteiger partial charge in [-0.2, -0.15) is 0 Å². The molecule has 0 N–H and O–H groups in total. The maximum Gasteiger partial charge on any atom is 0.274 e. The summed E-state index contributed by atoms with van der Waals surface area (Å²) in [7, 11) is 0. The lowest BCUT2D eigenvalue weighted by atomic mass is 10.0. The summed E-state index contributed by atoms with van der Waals surface area (Å²) >= 11 is 6.28. The van der Waals surface area contributed by atoms with Gasteiger partial charge in [-0.15, -0.1) is 0 Å². The van der Waals surface area contributed by atoms with Gasteiger partial charge in [0.1, 0.15) is 0 Å². The van der Waals surface area contributed by atoms with Crippen molar-refractivity contribution in [1.29, 1.82) is 0 Å². The molecule has 0 saturated heterocycles. The number of hydrazine groups is 1. The number of halogens is 1. The zero-order valence-corrected chi connectivity index (χ0v) is 16.7. The zero-order valence-electron chi connectivity index (χ0n) is 15.9. The summed E-state index contributed by atoms with van der Waals surface area (Å²) in [6.07, 6.45) is 0. The molecule has 138 valence electrons. The normalized spacial score (nSPS) is 11.2. The summed E-state index contributed by atoms with van der Waals surface area (Å²) < 4.78 is 0. The van der Waals surface area contributed by atoms with Crippen molar-refractivity contribution in [2.75, 3.05) is 6.54 Å². The van der Waals surface area contributed by atoms with Crippen LogP contribution in [-0.2, 0) is 0 Å². The topological polar surface area (TPSA) is 40.6 Å². The molecule has 0 heterocycles. The second-order valence-corrected chi connectivity index (χ2v) is 7.57. The lowest BCUT2D eigenvalue weighted by Crippen LogP contribution is -2.58. The van der Waals surface area contributed by atoms with Crippen molar-refractivity contribution in [3.8, 4) is 0 Å². The Hall–Kier alpha value is -2.33. The number of nitrogens with zero attached hydrogens (tertiary/aromatic N) is 2. The summed E-state index contributed by atoms with van der Waals surface area (Å²) in [5.74, 6) is -0.516. The van der Waals surface area contributed by atoms with Gasteiger partial charge >= 0.3 is 0 Å². The molecular weight excluding hydrogens is 348 g/mol. The minimum absolute atomic E-state index is 0.222. The Morgan fingerprint density at radius 3 is 2.15 bits per heavy atom. The van der Waals surface area contributed by atoms with Crippen molar-refractivity contribution in [3.63, 3.8) is 0 Å². The van der Waals surface area contributed by atoms with Crippen LogP contribution in [-0.4, -0.2) is 33.9 Å². The molecule has 0 aliphatic rings. The molecule has 0 aliphatic heterocycles. The lowest BCUT2D eigenvalue weighted by molar-refractivity contribution is -0.0410. The molecule has 2 amide bonds. The molecule has 2 aromatic carbocycles. The Balaban J connectivity index is 2.50. The molecular formula is C21H25ClN2O2. The van der Waals surface area contributed by atoms with Crippen molar-refractivity contribution in [3.05, 3.63) is 70.2 Å². The molecule has 0 bridgehead atoms. The minimum Gasteiger partial charge on any atom is -0.267 e. The van der Waals surface area contributed by atoms with Crippen LogP contribution >= 0.6 is 11.6 Å². The van der Waals surface area contributed by atoms with E-state index >= 15 is 0 Å². The Kier molecular flexibility index (Phi) is 6.09. The fourth-order valence-electron chi connectivity index (χ4n) is 2.80. The van der Waals surface area contributed by atoms with E-state index in [9.17, 15) is 9.59 Å². The van der Waals surface area contributed by atoms with Crippen LogP contribution in [0.4, 0.5) is 0 Å². The van der Waals surface area contributed by atoms with Crippen molar-refractivity contribution < 1.29 is 9.59 Å². The highest BCUT2D eigenvalue weighted by molar-refractivity contribution is 6.33. The van der Waals surface area contributed by atoms with E-state index in [2.05, 4.69) is 0 Å². The van der Waals surface area contributed by atoms with Crippen LogP contribution < -0.4 is 0 Å². The van der Waals surface area contributed by atoms with E-state index in [0.717, 1.165) is 5.56 Å². The van der Waals surface area contributed by atoms with Crippen LogP contribution in [0.1, 0.15) is 54.0 Å². The predicted molar refractivity (Wildman–Crippen MR) is 105 cm³/mol. The Morgan fingerprint density at radius 1 is 1.00 bits per heavy atom. The average Bonchev–Trinajstić information content (AvgIpc) is 2.60. The third-order valence-electron chi connectivity index (χ3n) is 3.98. The second-order valence-electron chi connectivity index (χ2n) is 7.16. The molecule has 0 aliphatic carbocycles. The van der Waals surface area contributed by atoms with Gasteiger partial charge < -0.3 is 0 Å². The molecule has 0 fully saturated rings. The summed E-state index contributed by atoms with van der Waals surface area (Å²) in [6, 6.07) is 14.3. The van der Waals surface area contributed by atoms with Gasteiger partial charge in [0.2, 0.25) is 0 Å². The van der Waals surface area contributed by atoms with E-state index in [4.69, 9.17) is 11.6 Å². The molecule has 5 heteroatoms. The summed E-state index contributed by atoms with van der Waals surface area (Å²) in [6.45, 7) is 9.81. The number of carbonyl (C=O) groups is 2. The van der Waals surface area contributed by atoms with Crippen LogP contribution in [0, 0.1) is 6.92 Å². The van der Waals surface area contributed by atoms with E-state index in [1.54, 1.807) is 24.3 Å². The molecule has 0 spiro atoms. The van der Waals surface area contributed by atoms with E-state index in [-0.39, 0.29) is 11.8 Å². The smallest absolute Gasteiger partial charge is 0.267 e. The third-order valence-corrected chi connectivity index (χ3v) is 4.31. The molecule has 0 aromatic heterocycles. The summed E-state index contributed by atoms with van der Waals surface area (Å²) in [5, 5.41) is 3.36. The highest BCUT2D eigenvalue weighted by Gasteiger charge is 2.36. The van der Waals surface area contributed by atoms with Crippen molar-refractivity contribution in [1.82, 2.24) is 10.0 Å². The van der Waals surface area contributed by atoms with Crippen molar-refractivity contribution in [2.24, 2.45) is 0 Å². The largest absolute Gasteiger partial charge is 0.274 e. The molecule has 0 atom stereocenters. The molecule has 4 nitrogen and oxygen atoms in total. The number of aryl methyl sites for hydroxylation is 1. The number of benzene rings is 2. The van der Waals surface area contributed by atoms with Gasteiger partial charge in [-0.25, -0.2) is 10.0 Å². The monoisotopic (exact) mass is 372 g/mol. The number of hydrogen-bond acceptors (Lipinski definition) is 2. The van der Waals surface area contributed by atoms with E-state index < -0.39 is 5.54 Å². The molecule has 0 saturated carbocycles. The summed E-state index contributed by atoms with van der Waals surface area (Å²) in [4.78, 5) is 26.4. The highest BCUT2D eigenvalue weighted by atomic mass is 35.5. The van der Waals surface area contributed by atoms with Gasteiger partial charge in [-0.05, 0) is 58.9 Å². The van der Waals surface area contributed by atoms with Gasteiger partial charge in [0.15, 0.2) is 0 Å². The SMILES string of the molecule is CCN(C(=O)c1ccccc1)N(C(=O)c1cc(C)ccc1Cl)C(C)(C)C. The number of hydrogen-bond donors (Lipinski definition) is 0. The molecule has 0 unspecified atom stereocenters. The van der Waals surface area contributed by atoms with Crippen LogP contribution in [0.25, 0.3) is 0 Å². The molecule has 26 heavy (non-hydrogen) atoms. The zero-order chi connectivity index (χ0) is 19.5. The van der Waals surface area contributed by atoms with Crippen LogP contribution in [0.5, 0.6) is 0 Å². The lowest BCUT2D eigenvalue weighted by Gasteiger charge is -2.43. The van der Waals surface area contributed by atoms with Crippen LogP contribution in [0.3, 0.4) is 0 Å². The Bertz CT molecular complexity index is 797. The highest BCUT2D eigenvalue weighted by Crippen LogP contribution is 2.26. The van der Waals surface area contributed by atoms with Crippen molar-refractivity contribution in [2.45, 2.75) is 40.2 Å². The van der Waals surface area contributed by atoms with Gasteiger partial charge in [0.05, 0.1) is 16.1 Å². The molecule has 0 radical (unpaired) electrons. The van der Waals surface area contributed by atoms with Crippen molar-refractivity contribution >= 4 is 23.4 Å². The first-order chi connectivity index (χ1) is 12.2. The second kappa shape index (κ2) is 7.92. The number of carbonyl (C=O) groups excluding carboxylic acids is 2. The first kappa shape index (κ1) is 20.0. The van der Waals surface area contributed by atoms with Crippen LogP contribution in [0.2, 0.25) is 5.02 Å². The third kappa shape index (κ3) is 4.25. The molecule has 2 rings (SSSR count). The van der Waals surface area contributed by atoms with Gasteiger partial charge in [-0.1, -0.05) is 41.4 Å².